The van der Waals surface area contributed by atoms with Gasteiger partial charge >= 0.3 is 0 Å². The third-order valence-corrected chi connectivity index (χ3v) is 4.72. The van der Waals surface area contributed by atoms with Gasteiger partial charge < -0.3 is 15.1 Å². The van der Waals surface area contributed by atoms with E-state index in [1.807, 2.05) is 6.07 Å². The number of hydrogen-bond donors (Lipinski definition) is 2. The number of rotatable bonds is 6. The number of nitrogens with zero attached hydrogens (tertiary/aromatic N) is 1. The Kier molecular flexibility index (Phi) is 5.59. The fourth-order valence-electron chi connectivity index (χ4n) is 3.24. The van der Waals surface area contributed by atoms with E-state index in [-0.39, 0.29) is 25.0 Å². The first-order valence-electron chi connectivity index (χ1n) is 8.02. The summed E-state index contributed by atoms with van der Waals surface area (Å²) in [5.41, 5.74) is 2.03. The molecule has 1 amide bonds. The summed E-state index contributed by atoms with van der Waals surface area (Å²) in [7, 11) is 1.75. The zero-order chi connectivity index (χ0) is 16.2. The van der Waals surface area contributed by atoms with Crippen LogP contribution >= 0.6 is 0 Å². The smallest absolute Gasteiger partial charge is 0.222 e. The van der Waals surface area contributed by atoms with E-state index in [1.54, 1.807) is 18.9 Å². The Hall–Kier alpha value is -1.39. The van der Waals surface area contributed by atoms with E-state index in [1.165, 1.54) is 11.1 Å². The number of carbonyl (C=O) groups excluding carboxylic acids is 1. The maximum Gasteiger partial charge on any atom is 0.222 e. The van der Waals surface area contributed by atoms with Crippen LogP contribution < -0.4 is 0 Å². The van der Waals surface area contributed by atoms with Gasteiger partial charge in [-0.05, 0) is 36.3 Å². The summed E-state index contributed by atoms with van der Waals surface area (Å²) in [5, 5.41) is 18.7. The Bertz CT molecular complexity index is 511. The Morgan fingerprint density at radius 2 is 2.00 bits per heavy atom. The predicted molar refractivity (Wildman–Crippen MR) is 86.7 cm³/mol. The van der Waals surface area contributed by atoms with E-state index < -0.39 is 5.41 Å². The van der Waals surface area contributed by atoms with Gasteiger partial charge in [0.15, 0.2) is 0 Å². The van der Waals surface area contributed by atoms with Gasteiger partial charge in [0.25, 0.3) is 0 Å². The highest BCUT2D eigenvalue weighted by molar-refractivity contribution is 5.77. The molecule has 4 heteroatoms. The lowest BCUT2D eigenvalue weighted by Crippen LogP contribution is -2.42. The highest BCUT2D eigenvalue weighted by Crippen LogP contribution is 2.34. The zero-order valence-corrected chi connectivity index (χ0v) is 13.6. The molecule has 1 atom stereocenters. The third-order valence-electron chi connectivity index (χ3n) is 4.72. The van der Waals surface area contributed by atoms with Crippen LogP contribution in [0.15, 0.2) is 24.3 Å². The molecule has 0 radical (unpaired) electrons. The topological polar surface area (TPSA) is 60.8 Å². The van der Waals surface area contributed by atoms with Crippen molar-refractivity contribution in [1.82, 2.24) is 4.90 Å². The van der Waals surface area contributed by atoms with Crippen LogP contribution in [-0.2, 0) is 11.2 Å². The number of aryl methyl sites for hydroxylation is 1. The molecule has 1 aromatic carbocycles. The van der Waals surface area contributed by atoms with Crippen molar-refractivity contribution >= 4 is 5.91 Å². The van der Waals surface area contributed by atoms with Crippen LogP contribution in [0.25, 0.3) is 0 Å². The predicted octanol–water partition coefficient (Wildman–Crippen LogP) is 1.95. The molecule has 2 rings (SSSR count). The van der Waals surface area contributed by atoms with Crippen molar-refractivity contribution in [2.75, 3.05) is 26.8 Å². The molecular weight excluding hydrogens is 278 g/mol. The average Bonchev–Trinajstić information content (AvgIpc) is 2.55. The fourth-order valence-corrected chi connectivity index (χ4v) is 3.24. The maximum atomic E-state index is 12.5. The fraction of sp³-hybridized carbons (Fsp3) is 0.611. The molecule has 22 heavy (non-hydrogen) atoms. The van der Waals surface area contributed by atoms with Crippen molar-refractivity contribution < 1.29 is 15.0 Å². The van der Waals surface area contributed by atoms with E-state index in [4.69, 9.17) is 0 Å². The van der Waals surface area contributed by atoms with E-state index >= 15 is 0 Å². The number of benzene rings is 1. The number of amides is 1. The number of fused-ring (bicyclic) bond motifs is 1. The minimum absolute atomic E-state index is 0.0785. The van der Waals surface area contributed by atoms with Crippen molar-refractivity contribution in [1.29, 1.82) is 0 Å². The number of carbonyl (C=O) groups is 1. The number of aliphatic hydroxyl groups is 2. The van der Waals surface area contributed by atoms with Crippen molar-refractivity contribution in [3.63, 3.8) is 0 Å². The molecule has 1 aliphatic rings. The molecule has 0 bridgehead atoms. The lowest BCUT2D eigenvalue weighted by molar-refractivity contribution is -0.132. The molecule has 0 spiro atoms. The van der Waals surface area contributed by atoms with Crippen LogP contribution in [0.4, 0.5) is 0 Å². The molecule has 4 nitrogen and oxygen atoms in total. The largest absolute Gasteiger partial charge is 0.396 e. The van der Waals surface area contributed by atoms with Gasteiger partial charge in [0.05, 0.1) is 13.2 Å². The molecule has 0 saturated heterocycles. The molecule has 0 heterocycles. The number of hydrogen-bond acceptors (Lipinski definition) is 3. The van der Waals surface area contributed by atoms with Gasteiger partial charge in [-0.25, -0.2) is 0 Å². The van der Waals surface area contributed by atoms with Gasteiger partial charge in [0, 0.05) is 25.4 Å². The summed E-state index contributed by atoms with van der Waals surface area (Å²) in [4.78, 5) is 14.1. The Balaban J connectivity index is 2.01. The zero-order valence-electron chi connectivity index (χ0n) is 13.6. The van der Waals surface area contributed by atoms with Crippen molar-refractivity contribution in [2.24, 2.45) is 5.41 Å². The van der Waals surface area contributed by atoms with Crippen LogP contribution in [0.3, 0.4) is 0 Å². The third kappa shape index (κ3) is 3.87. The molecule has 0 aliphatic heterocycles. The summed E-state index contributed by atoms with van der Waals surface area (Å²) >= 11 is 0. The molecule has 122 valence electrons. The summed E-state index contributed by atoms with van der Waals surface area (Å²) in [6, 6.07) is 8.39. The van der Waals surface area contributed by atoms with Crippen LogP contribution in [0.1, 0.15) is 43.2 Å². The van der Waals surface area contributed by atoms with Crippen LogP contribution in [0, 0.1) is 5.41 Å². The van der Waals surface area contributed by atoms with Crippen molar-refractivity contribution in [3.8, 4) is 0 Å². The van der Waals surface area contributed by atoms with E-state index in [9.17, 15) is 15.0 Å². The molecule has 0 aromatic heterocycles. The summed E-state index contributed by atoms with van der Waals surface area (Å²) in [6.45, 7) is 1.89. The second-order valence-corrected chi connectivity index (χ2v) is 6.87. The van der Waals surface area contributed by atoms with Crippen LogP contribution in [-0.4, -0.2) is 47.8 Å². The van der Waals surface area contributed by atoms with Gasteiger partial charge in [-0.3, -0.25) is 4.79 Å². The normalized spacial score (nSPS) is 17.9. The van der Waals surface area contributed by atoms with Gasteiger partial charge in [-0.2, -0.15) is 0 Å². The summed E-state index contributed by atoms with van der Waals surface area (Å²) < 4.78 is 0. The molecular formula is C18H27NO3. The Morgan fingerprint density at radius 1 is 1.32 bits per heavy atom. The standard InChI is InChI=1S/C18H27NO3/c1-18(12-20,13-21)11-19(2)17(22)10-15-8-5-7-14-6-3-4-9-16(14)15/h3-4,6,9,15,20-21H,5,7-8,10-13H2,1-2H3. The second-order valence-electron chi connectivity index (χ2n) is 6.87. The summed E-state index contributed by atoms with van der Waals surface area (Å²) in [5.74, 6) is 0.365. The van der Waals surface area contributed by atoms with E-state index in [2.05, 4.69) is 18.2 Å². The Morgan fingerprint density at radius 3 is 2.68 bits per heavy atom. The first-order valence-corrected chi connectivity index (χ1v) is 8.02. The van der Waals surface area contributed by atoms with E-state index in [0.29, 0.717) is 13.0 Å². The SMILES string of the molecule is CN(CC(C)(CO)CO)C(=O)CC1CCCc2ccccc21. The first kappa shape index (κ1) is 17.0. The minimum Gasteiger partial charge on any atom is -0.396 e. The Labute approximate surface area is 132 Å². The second kappa shape index (κ2) is 7.25. The number of aliphatic hydroxyl groups excluding tert-OH is 2. The maximum absolute atomic E-state index is 12.5. The van der Waals surface area contributed by atoms with Crippen molar-refractivity contribution in [3.05, 3.63) is 35.4 Å². The van der Waals surface area contributed by atoms with Gasteiger partial charge in [-0.1, -0.05) is 31.2 Å². The van der Waals surface area contributed by atoms with Crippen LogP contribution in [0.5, 0.6) is 0 Å². The van der Waals surface area contributed by atoms with Gasteiger partial charge in [0.2, 0.25) is 5.91 Å². The van der Waals surface area contributed by atoms with E-state index in [0.717, 1.165) is 19.3 Å². The molecule has 2 N–H and O–H groups in total. The van der Waals surface area contributed by atoms with Gasteiger partial charge in [0.1, 0.15) is 0 Å². The molecule has 1 aliphatic carbocycles. The molecule has 0 fully saturated rings. The van der Waals surface area contributed by atoms with Crippen molar-refractivity contribution in [2.45, 2.75) is 38.5 Å². The highest BCUT2D eigenvalue weighted by atomic mass is 16.3. The van der Waals surface area contributed by atoms with Gasteiger partial charge in [-0.15, -0.1) is 0 Å². The lowest BCUT2D eigenvalue weighted by atomic mass is 9.81. The average molecular weight is 305 g/mol. The molecule has 1 unspecified atom stereocenters. The highest BCUT2D eigenvalue weighted by Gasteiger charge is 2.28. The van der Waals surface area contributed by atoms with Crippen LogP contribution in [0.2, 0.25) is 0 Å². The molecule has 0 saturated carbocycles. The monoisotopic (exact) mass is 305 g/mol. The minimum atomic E-state index is -0.644. The first-order chi connectivity index (χ1) is 10.5. The summed E-state index contributed by atoms with van der Waals surface area (Å²) in [6.07, 6.45) is 3.78. The quantitative estimate of drug-likeness (QED) is 0.844. The lowest BCUT2D eigenvalue weighted by Gasteiger charge is -2.32. The molecule has 1 aromatic rings.